The molecule has 0 fully saturated rings. The molecule has 1 aromatic rings. The number of rotatable bonds is 0. The number of nitrogen functional groups attached to an aromatic ring is 1. The van der Waals surface area contributed by atoms with Gasteiger partial charge in [-0.2, -0.15) is 0 Å². The highest BCUT2D eigenvalue weighted by Crippen LogP contribution is 2.23. The molecule has 0 saturated carbocycles. The van der Waals surface area contributed by atoms with Crippen molar-refractivity contribution in [2.45, 2.75) is 32.9 Å². The Balaban J connectivity index is 2.13. The van der Waals surface area contributed by atoms with E-state index in [2.05, 4.69) is 5.32 Å². The second kappa shape index (κ2) is 4.99. The van der Waals surface area contributed by atoms with E-state index in [1.807, 2.05) is 39.0 Å². The first kappa shape index (κ1) is 13.5. The van der Waals surface area contributed by atoms with Gasteiger partial charge in [0, 0.05) is 24.5 Å². The van der Waals surface area contributed by atoms with Crippen molar-refractivity contribution in [1.29, 1.82) is 0 Å². The van der Waals surface area contributed by atoms with Gasteiger partial charge in [-0.05, 0) is 38.5 Å². The van der Waals surface area contributed by atoms with Gasteiger partial charge in [-0.25, -0.2) is 4.79 Å². The Labute approximate surface area is 113 Å². The number of carbonyl (C=O) groups excluding carboxylic acids is 1. The van der Waals surface area contributed by atoms with Crippen LogP contribution in [0.4, 0.5) is 16.2 Å². The molecular weight excluding hydrogens is 242 g/mol. The average molecular weight is 263 g/mol. The fraction of sp³-hybridized carbons (Fsp3) is 0.500. The molecule has 1 aliphatic rings. The first-order chi connectivity index (χ1) is 8.85. The van der Waals surface area contributed by atoms with Crippen molar-refractivity contribution < 1.29 is 9.53 Å². The predicted molar refractivity (Wildman–Crippen MR) is 76.0 cm³/mol. The molecule has 0 unspecified atom stereocenters. The van der Waals surface area contributed by atoms with E-state index >= 15 is 0 Å². The molecule has 1 aromatic carbocycles. The van der Waals surface area contributed by atoms with Crippen LogP contribution in [0.25, 0.3) is 0 Å². The molecule has 0 atom stereocenters. The Hall–Kier alpha value is -1.91. The lowest BCUT2D eigenvalue weighted by Gasteiger charge is -2.26. The lowest BCUT2D eigenvalue weighted by Crippen LogP contribution is -2.37. The van der Waals surface area contributed by atoms with Crippen LogP contribution < -0.4 is 11.1 Å². The number of nitrogens with zero attached hydrogens (tertiary/aromatic N) is 1. The van der Waals surface area contributed by atoms with Gasteiger partial charge in [-0.3, -0.25) is 0 Å². The number of fused-ring (bicyclic) bond motifs is 1. The number of carbonyl (C=O) groups is 1. The first-order valence-electron chi connectivity index (χ1n) is 6.45. The Morgan fingerprint density at radius 1 is 1.42 bits per heavy atom. The Bertz CT molecular complexity index is 480. The highest BCUT2D eigenvalue weighted by molar-refractivity contribution is 5.70. The molecule has 1 aliphatic heterocycles. The van der Waals surface area contributed by atoms with E-state index in [0.717, 1.165) is 16.9 Å². The van der Waals surface area contributed by atoms with Crippen molar-refractivity contribution in [3.63, 3.8) is 0 Å². The minimum absolute atomic E-state index is 0.279. The summed E-state index contributed by atoms with van der Waals surface area (Å²) in [5.41, 5.74) is 8.06. The topological polar surface area (TPSA) is 67.6 Å². The maximum atomic E-state index is 12.1. The Kier molecular flexibility index (Phi) is 3.55. The third-order valence-electron chi connectivity index (χ3n) is 2.84. The van der Waals surface area contributed by atoms with Crippen molar-refractivity contribution in [2.24, 2.45) is 0 Å². The van der Waals surface area contributed by atoms with Gasteiger partial charge in [0.1, 0.15) is 5.60 Å². The molecule has 0 saturated heterocycles. The van der Waals surface area contributed by atoms with Crippen molar-refractivity contribution in [1.82, 2.24) is 4.90 Å². The molecule has 19 heavy (non-hydrogen) atoms. The molecule has 3 N–H and O–H groups in total. The summed E-state index contributed by atoms with van der Waals surface area (Å²) in [4.78, 5) is 13.8. The monoisotopic (exact) mass is 263 g/mol. The van der Waals surface area contributed by atoms with Crippen LogP contribution in [0.5, 0.6) is 0 Å². The summed E-state index contributed by atoms with van der Waals surface area (Å²) in [6.45, 7) is 7.46. The average Bonchev–Trinajstić information content (AvgIpc) is 2.48. The highest BCUT2D eigenvalue weighted by atomic mass is 16.6. The lowest BCUT2D eigenvalue weighted by molar-refractivity contribution is 0.0245. The molecule has 5 heteroatoms. The SMILES string of the molecule is CC(C)(C)OC(=O)N1CCNc2cc(N)ccc2C1. The summed E-state index contributed by atoms with van der Waals surface area (Å²) in [6, 6.07) is 5.69. The molecule has 104 valence electrons. The fourth-order valence-corrected chi connectivity index (χ4v) is 1.99. The Morgan fingerprint density at radius 3 is 2.84 bits per heavy atom. The van der Waals surface area contributed by atoms with Crippen LogP contribution >= 0.6 is 0 Å². The van der Waals surface area contributed by atoms with Gasteiger partial charge >= 0.3 is 6.09 Å². The van der Waals surface area contributed by atoms with Crippen LogP contribution in [-0.2, 0) is 11.3 Å². The number of anilines is 2. The zero-order valence-corrected chi connectivity index (χ0v) is 11.7. The predicted octanol–water partition coefficient (Wildman–Crippen LogP) is 2.43. The van der Waals surface area contributed by atoms with Crippen LogP contribution in [0.1, 0.15) is 26.3 Å². The van der Waals surface area contributed by atoms with Gasteiger partial charge in [0.05, 0.1) is 6.54 Å². The molecule has 0 aliphatic carbocycles. The van der Waals surface area contributed by atoms with Crippen molar-refractivity contribution in [3.05, 3.63) is 23.8 Å². The number of ether oxygens (including phenoxy) is 1. The van der Waals surface area contributed by atoms with Crippen LogP contribution in [-0.4, -0.2) is 29.7 Å². The minimum atomic E-state index is -0.471. The zero-order chi connectivity index (χ0) is 14.0. The molecule has 0 bridgehead atoms. The number of hydrogen-bond acceptors (Lipinski definition) is 4. The van der Waals surface area contributed by atoms with Crippen molar-refractivity contribution in [2.75, 3.05) is 24.1 Å². The number of nitrogens with one attached hydrogen (secondary N) is 1. The van der Waals surface area contributed by atoms with Crippen molar-refractivity contribution >= 4 is 17.5 Å². The van der Waals surface area contributed by atoms with Gasteiger partial charge in [0.25, 0.3) is 0 Å². The van der Waals surface area contributed by atoms with E-state index in [0.29, 0.717) is 19.6 Å². The highest BCUT2D eigenvalue weighted by Gasteiger charge is 2.24. The van der Waals surface area contributed by atoms with Crippen LogP contribution in [0, 0.1) is 0 Å². The summed E-state index contributed by atoms with van der Waals surface area (Å²) in [6.07, 6.45) is -0.279. The van der Waals surface area contributed by atoms with Gasteiger partial charge in [-0.15, -0.1) is 0 Å². The number of nitrogens with two attached hydrogens (primary N) is 1. The molecule has 2 rings (SSSR count). The number of hydrogen-bond donors (Lipinski definition) is 2. The van der Waals surface area contributed by atoms with E-state index < -0.39 is 5.60 Å². The smallest absolute Gasteiger partial charge is 0.410 e. The lowest BCUT2D eigenvalue weighted by atomic mass is 10.1. The number of benzene rings is 1. The van der Waals surface area contributed by atoms with E-state index in [-0.39, 0.29) is 6.09 Å². The molecular formula is C14H21N3O2. The van der Waals surface area contributed by atoms with Gasteiger partial charge in [0.15, 0.2) is 0 Å². The standard InChI is InChI=1S/C14H21N3O2/c1-14(2,3)19-13(18)17-7-6-16-12-8-11(15)5-4-10(12)9-17/h4-5,8,16H,6-7,9,15H2,1-3H3. The summed E-state index contributed by atoms with van der Waals surface area (Å²) >= 11 is 0. The second-order valence-corrected chi connectivity index (χ2v) is 5.75. The molecule has 1 amide bonds. The summed E-state index contributed by atoms with van der Waals surface area (Å²) in [5, 5.41) is 3.28. The van der Waals surface area contributed by atoms with E-state index in [1.165, 1.54) is 0 Å². The summed E-state index contributed by atoms with van der Waals surface area (Å²) in [5.74, 6) is 0. The molecule has 0 radical (unpaired) electrons. The quantitative estimate of drug-likeness (QED) is 0.705. The third-order valence-corrected chi connectivity index (χ3v) is 2.84. The molecule has 5 nitrogen and oxygen atoms in total. The number of amides is 1. The van der Waals surface area contributed by atoms with E-state index in [1.54, 1.807) is 4.90 Å². The van der Waals surface area contributed by atoms with Crippen LogP contribution in [0.15, 0.2) is 18.2 Å². The normalized spacial score (nSPS) is 15.2. The maximum absolute atomic E-state index is 12.1. The largest absolute Gasteiger partial charge is 0.444 e. The van der Waals surface area contributed by atoms with E-state index in [9.17, 15) is 4.79 Å². The molecule has 0 aromatic heterocycles. The second-order valence-electron chi connectivity index (χ2n) is 5.75. The summed E-state index contributed by atoms with van der Waals surface area (Å²) < 4.78 is 5.41. The van der Waals surface area contributed by atoms with E-state index in [4.69, 9.17) is 10.5 Å². The fourth-order valence-electron chi connectivity index (χ4n) is 1.99. The maximum Gasteiger partial charge on any atom is 0.410 e. The van der Waals surface area contributed by atoms with Crippen LogP contribution in [0.3, 0.4) is 0 Å². The first-order valence-corrected chi connectivity index (χ1v) is 6.45. The van der Waals surface area contributed by atoms with Gasteiger partial charge < -0.3 is 20.7 Å². The van der Waals surface area contributed by atoms with Gasteiger partial charge in [0.2, 0.25) is 0 Å². The van der Waals surface area contributed by atoms with Gasteiger partial charge in [-0.1, -0.05) is 6.07 Å². The summed E-state index contributed by atoms with van der Waals surface area (Å²) in [7, 11) is 0. The van der Waals surface area contributed by atoms with Crippen LogP contribution in [0.2, 0.25) is 0 Å². The minimum Gasteiger partial charge on any atom is -0.444 e. The zero-order valence-electron chi connectivity index (χ0n) is 11.7. The molecule has 0 spiro atoms. The molecule has 1 heterocycles. The van der Waals surface area contributed by atoms with Crippen molar-refractivity contribution in [3.8, 4) is 0 Å². The Morgan fingerprint density at radius 2 is 2.16 bits per heavy atom. The third kappa shape index (κ3) is 3.53.